The molecule has 1 aliphatic heterocycles. The normalized spacial score (nSPS) is 14.0. The van der Waals surface area contributed by atoms with Gasteiger partial charge in [0.15, 0.2) is 0 Å². The van der Waals surface area contributed by atoms with Gasteiger partial charge in [-0.3, -0.25) is 14.5 Å². The van der Waals surface area contributed by atoms with Crippen molar-refractivity contribution in [2.75, 3.05) is 13.1 Å². The number of aromatic amines is 1. The van der Waals surface area contributed by atoms with E-state index in [2.05, 4.69) is 20.4 Å². The average Bonchev–Trinajstić information content (AvgIpc) is 3.26. The van der Waals surface area contributed by atoms with Crippen LogP contribution < -0.4 is 10.9 Å². The van der Waals surface area contributed by atoms with E-state index in [-0.39, 0.29) is 11.5 Å². The molecule has 0 aromatic carbocycles. The Labute approximate surface area is 172 Å². The van der Waals surface area contributed by atoms with Gasteiger partial charge in [-0.2, -0.15) is 0 Å². The molecule has 7 nitrogen and oxygen atoms in total. The van der Waals surface area contributed by atoms with Gasteiger partial charge in [-0.25, -0.2) is 0 Å². The van der Waals surface area contributed by atoms with Crippen LogP contribution in [0.25, 0.3) is 0 Å². The summed E-state index contributed by atoms with van der Waals surface area (Å²) in [6.07, 6.45) is 1.45. The van der Waals surface area contributed by atoms with E-state index in [1.54, 1.807) is 17.4 Å². The predicted molar refractivity (Wildman–Crippen MR) is 111 cm³/mol. The second-order valence-corrected chi connectivity index (χ2v) is 8.32. The van der Waals surface area contributed by atoms with Crippen molar-refractivity contribution in [2.24, 2.45) is 0 Å². The first-order valence-corrected chi connectivity index (χ1v) is 10.6. The Morgan fingerprint density at radius 3 is 3.00 bits per heavy atom. The van der Waals surface area contributed by atoms with E-state index >= 15 is 0 Å². The summed E-state index contributed by atoms with van der Waals surface area (Å²) < 4.78 is 5.27. The number of nitrogens with one attached hydrogen (secondary N) is 2. The molecule has 152 valence electrons. The van der Waals surface area contributed by atoms with Crippen LogP contribution in [-0.2, 0) is 25.9 Å². The summed E-state index contributed by atoms with van der Waals surface area (Å²) >= 11 is 1.65. The van der Waals surface area contributed by atoms with Crippen molar-refractivity contribution in [3.63, 3.8) is 0 Å². The number of rotatable bonds is 6. The fourth-order valence-electron chi connectivity index (χ4n) is 3.70. The Bertz CT molecular complexity index is 1060. The van der Waals surface area contributed by atoms with Crippen molar-refractivity contribution in [3.05, 3.63) is 72.6 Å². The molecule has 0 bridgehead atoms. The molecule has 29 heavy (non-hydrogen) atoms. The zero-order valence-corrected chi connectivity index (χ0v) is 17.4. The van der Waals surface area contributed by atoms with Gasteiger partial charge in [-0.1, -0.05) is 11.2 Å². The van der Waals surface area contributed by atoms with Gasteiger partial charge in [0.2, 0.25) is 5.56 Å². The number of carbonyl (C=O) groups excluding carboxylic acids is 1. The van der Waals surface area contributed by atoms with Gasteiger partial charge in [0.05, 0.1) is 11.3 Å². The Hall–Kier alpha value is -2.71. The van der Waals surface area contributed by atoms with Gasteiger partial charge >= 0.3 is 0 Å². The number of aromatic nitrogens is 2. The maximum atomic E-state index is 12.7. The lowest BCUT2D eigenvalue weighted by Gasteiger charge is -2.27. The van der Waals surface area contributed by atoms with Gasteiger partial charge in [-0.15, -0.1) is 11.3 Å². The lowest BCUT2D eigenvalue weighted by Crippen LogP contribution is -2.31. The van der Waals surface area contributed by atoms with E-state index in [1.165, 1.54) is 10.9 Å². The van der Waals surface area contributed by atoms with E-state index in [0.29, 0.717) is 13.0 Å². The van der Waals surface area contributed by atoms with Gasteiger partial charge in [0.25, 0.3) is 5.91 Å². The van der Waals surface area contributed by atoms with Crippen molar-refractivity contribution in [1.82, 2.24) is 20.4 Å². The molecule has 0 spiro atoms. The Morgan fingerprint density at radius 2 is 2.24 bits per heavy atom. The minimum Gasteiger partial charge on any atom is -0.361 e. The molecule has 4 heterocycles. The summed E-state index contributed by atoms with van der Waals surface area (Å²) in [6, 6.07) is 5.06. The van der Waals surface area contributed by atoms with Crippen LogP contribution in [0.1, 0.15) is 43.5 Å². The smallest absolute Gasteiger partial charge is 0.252 e. The number of nitrogens with zero attached hydrogens (tertiary/aromatic N) is 2. The predicted octanol–water partition coefficient (Wildman–Crippen LogP) is 2.57. The molecule has 0 saturated heterocycles. The molecular formula is C21H24N4O3S. The summed E-state index contributed by atoms with van der Waals surface area (Å²) in [5.41, 5.74) is 4.74. The highest BCUT2D eigenvalue weighted by atomic mass is 32.1. The van der Waals surface area contributed by atoms with Crippen molar-refractivity contribution in [1.29, 1.82) is 0 Å². The number of H-pyrrole nitrogens is 1. The number of carbonyl (C=O) groups is 1. The highest BCUT2D eigenvalue weighted by Crippen LogP contribution is 2.30. The fraction of sp³-hybridized carbons (Fsp3) is 0.381. The maximum absolute atomic E-state index is 12.7. The van der Waals surface area contributed by atoms with Crippen LogP contribution in [0, 0.1) is 13.8 Å². The molecule has 0 radical (unpaired) electrons. The largest absolute Gasteiger partial charge is 0.361 e. The monoisotopic (exact) mass is 412 g/mol. The summed E-state index contributed by atoms with van der Waals surface area (Å²) in [5.74, 6) is 0.833. The number of aryl methyl sites for hydroxylation is 2. The quantitative estimate of drug-likeness (QED) is 0.649. The summed E-state index contributed by atoms with van der Waals surface area (Å²) in [4.78, 5) is 30.4. The third-order valence-corrected chi connectivity index (χ3v) is 6.36. The molecule has 1 amide bonds. The van der Waals surface area contributed by atoms with E-state index in [4.69, 9.17) is 4.52 Å². The van der Waals surface area contributed by atoms with E-state index < -0.39 is 0 Å². The fourth-order valence-corrected chi connectivity index (χ4v) is 4.82. The molecule has 0 fully saturated rings. The molecule has 4 rings (SSSR count). The topological polar surface area (TPSA) is 91.2 Å². The molecule has 1 aliphatic rings. The molecule has 0 saturated carbocycles. The number of hydrogen-bond donors (Lipinski definition) is 2. The summed E-state index contributed by atoms with van der Waals surface area (Å²) in [7, 11) is 0. The standard InChI is InChI=1S/C21H24N4O3S/c1-13-17(14(2)28-24-13)10-25-9-7-16-18(12-29-19(16)11-25)21(27)22-8-6-15-4-3-5-20(26)23-15/h3-5,12H,6-11H2,1-2H3,(H,22,27)(H,23,26). The number of hydrogen-bond acceptors (Lipinski definition) is 6. The van der Waals surface area contributed by atoms with Crippen LogP contribution in [-0.4, -0.2) is 34.0 Å². The minimum atomic E-state index is -0.123. The second kappa shape index (κ2) is 8.34. The second-order valence-electron chi connectivity index (χ2n) is 7.36. The molecule has 0 unspecified atom stereocenters. The highest BCUT2D eigenvalue weighted by molar-refractivity contribution is 7.10. The Morgan fingerprint density at radius 1 is 1.38 bits per heavy atom. The van der Waals surface area contributed by atoms with Crippen molar-refractivity contribution in [2.45, 2.75) is 39.8 Å². The zero-order chi connectivity index (χ0) is 20.4. The van der Waals surface area contributed by atoms with Gasteiger partial charge < -0.3 is 14.8 Å². The van der Waals surface area contributed by atoms with E-state index in [0.717, 1.165) is 59.9 Å². The number of pyridine rings is 1. The van der Waals surface area contributed by atoms with Crippen molar-refractivity contribution < 1.29 is 9.32 Å². The average molecular weight is 413 g/mol. The molecular weight excluding hydrogens is 388 g/mol. The first-order chi connectivity index (χ1) is 14.0. The first-order valence-electron chi connectivity index (χ1n) is 9.71. The van der Waals surface area contributed by atoms with Crippen LogP contribution in [0.3, 0.4) is 0 Å². The summed E-state index contributed by atoms with van der Waals surface area (Å²) in [6.45, 7) is 6.96. The van der Waals surface area contributed by atoms with Crippen molar-refractivity contribution >= 4 is 17.2 Å². The van der Waals surface area contributed by atoms with Crippen molar-refractivity contribution in [3.8, 4) is 0 Å². The molecule has 0 atom stereocenters. The highest BCUT2D eigenvalue weighted by Gasteiger charge is 2.25. The Kier molecular flexibility index (Phi) is 5.64. The molecule has 8 heteroatoms. The number of fused-ring (bicyclic) bond motifs is 1. The van der Waals surface area contributed by atoms with E-state index in [9.17, 15) is 9.59 Å². The number of thiophene rings is 1. The van der Waals surface area contributed by atoms with Crippen LogP contribution in [0.5, 0.6) is 0 Å². The van der Waals surface area contributed by atoms with Crippen LogP contribution in [0.2, 0.25) is 0 Å². The van der Waals surface area contributed by atoms with Gasteiger partial charge in [0, 0.05) is 60.2 Å². The first kappa shape index (κ1) is 19.6. The SMILES string of the molecule is Cc1noc(C)c1CN1CCc2c(C(=O)NCCc3cccc(=O)[nH]3)csc2C1. The van der Waals surface area contributed by atoms with Gasteiger partial charge in [-0.05, 0) is 31.9 Å². The maximum Gasteiger partial charge on any atom is 0.252 e. The summed E-state index contributed by atoms with van der Waals surface area (Å²) in [5, 5.41) is 8.98. The zero-order valence-electron chi connectivity index (χ0n) is 16.6. The Balaban J connectivity index is 1.36. The molecule has 2 N–H and O–H groups in total. The number of amides is 1. The molecule has 0 aliphatic carbocycles. The third kappa shape index (κ3) is 4.33. The van der Waals surface area contributed by atoms with Gasteiger partial charge in [0.1, 0.15) is 5.76 Å². The van der Waals surface area contributed by atoms with Crippen LogP contribution in [0.4, 0.5) is 0 Å². The third-order valence-electron chi connectivity index (χ3n) is 5.34. The van der Waals surface area contributed by atoms with Crippen LogP contribution in [0.15, 0.2) is 32.9 Å². The lowest BCUT2D eigenvalue weighted by atomic mass is 10.0. The van der Waals surface area contributed by atoms with Crippen LogP contribution >= 0.6 is 11.3 Å². The minimum absolute atomic E-state index is 0.0417. The molecule has 3 aromatic rings. The van der Waals surface area contributed by atoms with E-state index in [1.807, 2.05) is 25.3 Å². The lowest BCUT2D eigenvalue weighted by molar-refractivity contribution is 0.0952. The molecule has 3 aromatic heterocycles.